The van der Waals surface area contributed by atoms with Crippen LogP contribution in [-0.4, -0.2) is 12.1 Å². The van der Waals surface area contributed by atoms with Crippen LogP contribution in [0.4, 0.5) is 0 Å². The second kappa shape index (κ2) is 1.45. The van der Waals surface area contributed by atoms with E-state index >= 15 is 0 Å². The van der Waals surface area contributed by atoms with Crippen LogP contribution in [0.15, 0.2) is 0 Å². The molecule has 0 amide bonds. The van der Waals surface area contributed by atoms with Crippen molar-refractivity contribution in [3.63, 3.8) is 0 Å². The van der Waals surface area contributed by atoms with E-state index in [2.05, 4.69) is 5.48 Å². The van der Waals surface area contributed by atoms with Crippen molar-refractivity contribution in [3.05, 3.63) is 0 Å². The monoisotopic (exact) mass is 113 g/mol. The third-order valence-electron chi connectivity index (χ3n) is 2.20. The van der Waals surface area contributed by atoms with Crippen LogP contribution >= 0.6 is 0 Å². The van der Waals surface area contributed by atoms with E-state index in [4.69, 9.17) is 4.84 Å². The second-order valence-corrected chi connectivity index (χ2v) is 2.81. The second-order valence-electron chi connectivity index (χ2n) is 2.81. The zero-order chi connectivity index (χ0) is 5.45. The third kappa shape index (κ3) is 0.501. The highest BCUT2D eigenvalue weighted by molar-refractivity contribution is 4.91. The van der Waals surface area contributed by atoms with E-state index in [-0.39, 0.29) is 0 Å². The first-order chi connectivity index (χ1) is 3.91. The summed E-state index contributed by atoms with van der Waals surface area (Å²) in [6.07, 6.45) is 5.28. The Hall–Kier alpha value is -0.0800. The molecule has 1 spiro atoms. The fourth-order valence-corrected chi connectivity index (χ4v) is 1.57. The highest BCUT2D eigenvalue weighted by Gasteiger charge is 2.41. The largest absolute Gasteiger partial charge is 0.294 e. The average molecular weight is 113 g/mol. The van der Waals surface area contributed by atoms with E-state index in [0.29, 0.717) is 5.60 Å². The van der Waals surface area contributed by atoms with Crippen molar-refractivity contribution < 1.29 is 4.84 Å². The first-order valence-corrected chi connectivity index (χ1v) is 3.32. The Labute approximate surface area is 49.2 Å². The van der Waals surface area contributed by atoms with Gasteiger partial charge in [0.15, 0.2) is 0 Å². The molecule has 8 heavy (non-hydrogen) atoms. The van der Waals surface area contributed by atoms with E-state index < -0.39 is 0 Å². The summed E-state index contributed by atoms with van der Waals surface area (Å²) in [6, 6.07) is 0. The van der Waals surface area contributed by atoms with Crippen LogP contribution in [0.1, 0.15) is 25.7 Å². The summed E-state index contributed by atoms with van der Waals surface area (Å²) in [5, 5.41) is 0. The van der Waals surface area contributed by atoms with Crippen molar-refractivity contribution in [2.24, 2.45) is 0 Å². The van der Waals surface area contributed by atoms with Crippen molar-refractivity contribution >= 4 is 0 Å². The molecular formula is C6H11NO. The van der Waals surface area contributed by atoms with E-state index in [1.165, 1.54) is 25.7 Å². The summed E-state index contributed by atoms with van der Waals surface area (Å²) in [5.41, 5.74) is 3.15. The lowest BCUT2D eigenvalue weighted by molar-refractivity contribution is -0.199. The normalized spacial score (nSPS) is 33.0. The zero-order valence-electron chi connectivity index (χ0n) is 4.94. The van der Waals surface area contributed by atoms with Crippen molar-refractivity contribution in [1.29, 1.82) is 0 Å². The van der Waals surface area contributed by atoms with E-state index in [0.717, 1.165) is 6.54 Å². The molecule has 46 valence electrons. The van der Waals surface area contributed by atoms with Gasteiger partial charge in [-0.05, 0) is 12.8 Å². The fourth-order valence-electron chi connectivity index (χ4n) is 1.57. The maximum Gasteiger partial charge on any atom is 0.104 e. The van der Waals surface area contributed by atoms with Gasteiger partial charge in [-0.25, -0.2) is 0 Å². The minimum atomic E-state index is 0.306. The van der Waals surface area contributed by atoms with Gasteiger partial charge >= 0.3 is 0 Å². The predicted molar refractivity (Wildman–Crippen MR) is 30.3 cm³/mol. The fraction of sp³-hybridized carbons (Fsp3) is 1.00. The Kier molecular flexibility index (Phi) is 0.866. The molecule has 1 N–H and O–H groups in total. The predicted octanol–water partition coefficient (Wildman–Crippen LogP) is 0.834. The summed E-state index contributed by atoms with van der Waals surface area (Å²) in [6.45, 7) is 1.09. The Morgan fingerprint density at radius 2 is 1.88 bits per heavy atom. The van der Waals surface area contributed by atoms with Gasteiger partial charge in [-0.1, -0.05) is 12.8 Å². The van der Waals surface area contributed by atoms with Crippen LogP contribution < -0.4 is 5.48 Å². The summed E-state index contributed by atoms with van der Waals surface area (Å²) in [7, 11) is 0. The summed E-state index contributed by atoms with van der Waals surface area (Å²) < 4.78 is 0. The maximum atomic E-state index is 5.23. The standard InChI is InChI=1S/C6H11NO/c1-2-4-6(3-1)5-7-8-6/h7H,1-5H2. The summed E-state index contributed by atoms with van der Waals surface area (Å²) in [5.74, 6) is 0. The molecule has 2 fully saturated rings. The number of hydroxylamine groups is 1. The zero-order valence-corrected chi connectivity index (χ0v) is 4.94. The molecule has 1 heterocycles. The highest BCUT2D eigenvalue weighted by atomic mass is 16.7. The van der Waals surface area contributed by atoms with Crippen LogP contribution in [0.25, 0.3) is 0 Å². The number of hydrogen-bond donors (Lipinski definition) is 1. The van der Waals surface area contributed by atoms with Gasteiger partial charge in [0.05, 0.1) is 6.54 Å². The van der Waals surface area contributed by atoms with E-state index in [9.17, 15) is 0 Å². The molecule has 1 saturated carbocycles. The van der Waals surface area contributed by atoms with Crippen LogP contribution in [0.2, 0.25) is 0 Å². The number of rotatable bonds is 0. The van der Waals surface area contributed by atoms with Gasteiger partial charge in [-0.2, -0.15) is 5.48 Å². The lowest BCUT2D eigenvalue weighted by Gasteiger charge is -2.38. The number of hydrogen-bond acceptors (Lipinski definition) is 2. The van der Waals surface area contributed by atoms with Gasteiger partial charge in [0, 0.05) is 0 Å². The highest BCUT2D eigenvalue weighted by Crippen LogP contribution is 2.35. The minimum absolute atomic E-state index is 0.306. The third-order valence-corrected chi connectivity index (χ3v) is 2.20. The summed E-state index contributed by atoms with van der Waals surface area (Å²) in [4.78, 5) is 5.23. The number of nitrogens with one attached hydrogen (secondary N) is 1. The SMILES string of the molecule is C1CCC2(C1)CNO2. The van der Waals surface area contributed by atoms with Gasteiger partial charge in [-0.3, -0.25) is 4.84 Å². The molecule has 0 aromatic heterocycles. The molecule has 2 nitrogen and oxygen atoms in total. The van der Waals surface area contributed by atoms with Crippen LogP contribution in [-0.2, 0) is 4.84 Å². The van der Waals surface area contributed by atoms with E-state index in [1.807, 2.05) is 0 Å². The van der Waals surface area contributed by atoms with E-state index in [1.54, 1.807) is 0 Å². The Bertz CT molecular complexity index is 90.7. The minimum Gasteiger partial charge on any atom is -0.294 e. The summed E-state index contributed by atoms with van der Waals surface area (Å²) >= 11 is 0. The molecular weight excluding hydrogens is 102 g/mol. The lowest BCUT2D eigenvalue weighted by Crippen LogP contribution is -2.55. The average Bonchev–Trinajstić information content (AvgIpc) is 2.07. The molecule has 2 heteroatoms. The van der Waals surface area contributed by atoms with Crippen molar-refractivity contribution in [3.8, 4) is 0 Å². The first kappa shape index (κ1) is 4.77. The molecule has 0 atom stereocenters. The lowest BCUT2D eigenvalue weighted by atomic mass is 10.0. The topological polar surface area (TPSA) is 21.3 Å². The molecule has 0 radical (unpaired) electrons. The van der Waals surface area contributed by atoms with Crippen molar-refractivity contribution in [2.75, 3.05) is 6.54 Å². The molecule has 0 aromatic carbocycles. The Balaban J connectivity index is 2.01. The van der Waals surface area contributed by atoms with Crippen LogP contribution in [0.5, 0.6) is 0 Å². The molecule has 0 bridgehead atoms. The van der Waals surface area contributed by atoms with Gasteiger partial charge in [0.2, 0.25) is 0 Å². The Morgan fingerprint density at radius 3 is 2.12 bits per heavy atom. The maximum absolute atomic E-state index is 5.23. The molecule has 0 unspecified atom stereocenters. The molecule has 2 rings (SSSR count). The van der Waals surface area contributed by atoms with Gasteiger partial charge in [-0.15, -0.1) is 0 Å². The van der Waals surface area contributed by atoms with Crippen molar-refractivity contribution in [2.45, 2.75) is 31.3 Å². The quantitative estimate of drug-likeness (QED) is 0.502. The Morgan fingerprint density at radius 1 is 1.25 bits per heavy atom. The van der Waals surface area contributed by atoms with Crippen LogP contribution in [0, 0.1) is 0 Å². The molecule has 2 aliphatic rings. The van der Waals surface area contributed by atoms with Crippen LogP contribution in [0.3, 0.4) is 0 Å². The van der Waals surface area contributed by atoms with Gasteiger partial charge in [0.25, 0.3) is 0 Å². The van der Waals surface area contributed by atoms with Crippen molar-refractivity contribution in [1.82, 2.24) is 5.48 Å². The molecule has 1 aliphatic carbocycles. The molecule has 1 saturated heterocycles. The first-order valence-electron chi connectivity index (χ1n) is 3.32. The van der Waals surface area contributed by atoms with Gasteiger partial charge in [0.1, 0.15) is 5.60 Å². The molecule has 1 aliphatic heterocycles. The smallest absolute Gasteiger partial charge is 0.104 e. The van der Waals surface area contributed by atoms with Gasteiger partial charge < -0.3 is 0 Å². The molecule has 0 aromatic rings.